The minimum atomic E-state index is -0.356. The van der Waals surface area contributed by atoms with Gasteiger partial charge in [0.1, 0.15) is 23.2 Å². The van der Waals surface area contributed by atoms with E-state index in [0.29, 0.717) is 33.8 Å². The Morgan fingerprint density at radius 3 is 1.85 bits per heavy atom. The van der Waals surface area contributed by atoms with E-state index >= 15 is 0 Å². The summed E-state index contributed by atoms with van der Waals surface area (Å²) in [5.74, 6) is 2.77. The number of nitrogens with one attached hydrogen (secondary N) is 1. The molecule has 59 heavy (non-hydrogen) atoms. The van der Waals surface area contributed by atoms with Gasteiger partial charge in [0.15, 0.2) is 5.84 Å². The molecule has 0 fully saturated rings. The molecule has 8 nitrogen and oxygen atoms in total. The first-order chi connectivity index (χ1) is 28.1. The molecule has 0 saturated heterocycles. The zero-order valence-corrected chi connectivity index (χ0v) is 40.4. The number of Topliss-reactive ketones (excluding diaryl/α,β-unsaturated/α-hetero) is 1. The maximum Gasteiger partial charge on any atom is 0.225 e. The number of halogens is 3. The average molecular weight is 876 g/mol. The summed E-state index contributed by atoms with van der Waals surface area (Å²) in [4.78, 5) is 32.9. The van der Waals surface area contributed by atoms with Crippen LogP contribution in [0.25, 0.3) is 0 Å². The molecule has 0 saturated carbocycles. The number of ketones is 1. The smallest absolute Gasteiger partial charge is 0.225 e. The molecule has 11 heteroatoms. The van der Waals surface area contributed by atoms with Crippen LogP contribution in [0.1, 0.15) is 111 Å². The zero-order chi connectivity index (χ0) is 44.9. The van der Waals surface area contributed by atoms with E-state index in [-0.39, 0.29) is 23.8 Å². The number of carbonyl (C=O) groups excluding carboxylic acids is 2. The van der Waals surface area contributed by atoms with Crippen LogP contribution in [-0.4, -0.2) is 87.8 Å². The number of benzene rings is 2. The van der Waals surface area contributed by atoms with Gasteiger partial charge in [-0.1, -0.05) is 95.1 Å². The van der Waals surface area contributed by atoms with E-state index in [1.165, 1.54) is 19.2 Å². The highest BCUT2D eigenvalue weighted by Gasteiger charge is 2.42. The van der Waals surface area contributed by atoms with Crippen LogP contribution < -0.4 is 5.32 Å². The van der Waals surface area contributed by atoms with Gasteiger partial charge in [-0.25, -0.2) is 0 Å². The Bertz CT molecular complexity index is 1650. The molecule has 1 N–H and O–H groups in total. The Morgan fingerprint density at radius 2 is 1.39 bits per heavy atom. The standard InChI is InChI=1S/C26H22Cl2N2O2.C11H23NO.C8H18O.C2H7N.CH3Cl/c1-16-4-14-22(23(32-3)15-5-16)26-29-24(18-6-10-20(27)11-7-18)25(30(26)17(2)31)19-8-12-21(28)13-9-19;1-5-7-12(9-11(4)13)8-6-10(2)3;1-4-6-9-7-5-8(2)3;1-3-2;1-2/h4-13,15,24-25H,1-3H3;10H,5-9H2,1-4H3;8H,4-7H2,1-3H3;3H,1-2H3;1H3. The molecule has 2 aromatic rings. The molecule has 2 aromatic carbocycles. The average Bonchev–Trinajstić information content (AvgIpc) is 3.49. The van der Waals surface area contributed by atoms with Crippen molar-refractivity contribution in [1.82, 2.24) is 15.1 Å². The first kappa shape index (κ1) is 55.8. The molecule has 4 rings (SSSR count). The molecule has 1 heterocycles. The summed E-state index contributed by atoms with van der Waals surface area (Å²) in [6.07, 6.45) is 11.8. The summed E-state index contributed by atoms with van der Waals surface area (Å²) < 4.78 is 10.9. The Morgan fingerprint density at radius 1 is 0.847 bits per heavy atom. The minimum absolute atomic E-state index is 0.126. The quantitative estimate of drug-likeness (QED) is 0.103. The largest absolute Gasteiger partial charge is 0.495 e. The first-order valence-electron chi connectivity index (χ1n) is 20.7. The molecule has 0 spiro atoms. The number of carbonyl (C=O) groups is 2. The van der Waals surface area contributed by atoms with Crippen LogP contribution in [0.2, 0.25) is 10.0 Å². The van der Waals surface area contributed by atoms with Crippen molar-refractivity contribution < 1.29 is 19.1 Å². The van der Waals surface area contributed by atoms with Crippen molar-refractivity contribution in [2.45, 2.75) is 100 Å². The van der Waals surface area contributed by atoms with Crippen LogP contribution in [0.3, 0.4) is 0 Å². The Labute approximate surface area is 372 Å². The lowest BCUT2D eigenvalue weighted by Gasteiger charge is -2.29. The van der Waals surface area contributed by atoms with Gasteiger partial charge in [0.05, 0.1) is 19.7 Å². The highest BCUT2D eigenvalue weighted by Crippen LogP contribution is 2.44. The first-order valence-corrected chi connectivity index (χ1v) is 22.2. The van der Waals surface area contributed by atoms with E-state index in [1.54, 1.807) is 25.9 Å². The van der Waals surface area contributed by atoms with E-state index in [4.69, 9.17) is 37.7 Å². The normalized spacial score (nSPS) is 15.5. The third kappa shape index (κ3) is 22.3. The third-order valence-electron chi connectivity index (χ3n) is 8.66. The van der Waals surface area contributed by atoms with Gasteiger partial charge in [0.25, 0.3) is 0 Å². The van der Waals surface area contributed by atoms with Crippen LogP contribution in [-0.2, 0) is 19.1 Å². The lowest BCUT2D eigenvalue weighted by molar-refractivity contribution is -0.126. The summed E-state index contributed by atoms with van der Waals surface area (Å²) in [5.41, 5.74) is 6.81. The molecule has 0 radical (unpaired) electrons. The summed E-state index contributed by atoms with van der Waals surface area (Å²) >= 11 is 16.9. The van der Waals surface area contributed by atoms with Crippen molar-refractivity contribution in [3.63, 3.8) is 0 Å². The number of amides is 1. The van der Waals surface area contributed by atoms with Gasteiger partial charge in [0, 0.05) is 36.6 Å². The van der Waals surface area contributed by atoms with E-state index < -0.39 is 0 Å². The van der Waals surface area contributed by atoms with E-state index in [1.807, 2.05) is 87.8 Å². The minimum Gasteiger partial charge on any atom is -0.495 e. The summed E-state index contributed by atoms with van der Waals surface area (Å²) in [6, 6.07) is 14.4. The van der Waals surface area contributed by atoms with Crippen LogP contribution in [0.4, 0.5) is 0 Å². The number of amidine groups is 1. The highest BCUT2D eigenvalue weighted by atomic mass is 35.5. The number of allylic oxidation sites excluding steroid dienone is 3. The van der Waals surface area contributed by atoms with Crippen LogP contribution >= 0.6 is 34.8 Å². The number of methoxy groups -OCH3 is 1. The summed E-state index contributed by atoms with van der Waals surface area (Å²) in [6.45, 7) is 22.9. The third-order valence-corrected chi connectivity index (χ3v) is 9.16. The fraction of sp³-hybridized carbons (Fsp3) is 0.542. The number of aliphatic imine (C=N–C) groups is 1. The zero-order valence-electron chi connectivity index (χ0n) is 38.1. The predicted molar refractivity (Wildman–Crippen MR) is 253 cm³/mol. The highest BCUT2D eigenvalue weighted by molar-refractivity contribution is 6.30. The molecular weight excluding hydrogens is 803 g/mol. The number of hydrogen-bond acceptors (Lipinski definition) is 7. The fourth-order valence-corrected chi connectivity index (χ4v) is 6.08. The number of hydrogen-bond donors (Lipinski definition) is 1. The second kappa shape index (κ2) is 32.6. The van der Waals surface area contributed by atoms with Gasteiger partial charge >= 0.3 is 0 Å². The van der Waals surface area contributed by atoms with Crippen molar-refractivity contribution in [2.75, 3.05) is 60.4 Å². The van der Waals surface area contributed by atoms with Crippen LogP contribution in [0.5, 0.6) is 0 Å². The van der Waals surface area contributed by atoms with E-state index in [2.05, 4.69) is 69.1 Å². The number of ether oxygens (including phenoxy) is 2. The van der Waals surface area contributed by atoms with Gasteiger partial charge in [-0.3, -0.25) is 24.4 Å². The topological polar surface area (TPSA) is 83.5 Å². The Kier molecular flexibility index (Phi) is 30.8. The van der Waals surface area contributed by atoms with Crippen molar-refractivity contribution >= 4 is 52.3 Å². The molecule has 1 aliphatic carbocycles. The van der Waals surface area contributed by atoms with E-state index in [0.717, 1.165) is 67.7 Å². The van der Waals surface area contributed by atoms with Gasteiger partial charge in [-0.2, -0.15) is 0 Å². The summed E-state index contributed by atoms with van der Waals surface area (Å²) in [7, 11) is 5.35. The second-order valence-electron chi connectivity index (χ2n) is 15.1. The molecular formula is C48H73Cl3N4O4. The maximum absolute atomic E-state index is 13.0. The molecule has 0 aromatic heterocycles. The van der Waals surface area contributed by atoms with Gasteiger partial charge in [-0.15, -0.1) is 17.3 Å². The molecule has 1 amide bonds. The Hall–Kier alpha value is -3.20. The van der Waals surface area contributed by atoms with Crippen LogP contribution in [0, 0.1) is 11.8 Å². The van der Waals surface area contributed by atoms with Crippen molar-refractivity contribution in [3.8, 4) is 0 Å². The molecule has 2 aliphatic rings. The lowest BCUT2D eigenvalue weighted by Crippen LogP contribution is -2.36. The van der Waals surface area contributed by atoms with Gasteiger partial charge < -0.3 is 14.8 Å². The Balaban J connectivity index is 0.00000103. The number of nitrogens with zero attached hydrogens (tertiary/aromatic N) is 3. The molecule has 0 bridgehead atoms. The van der Waals surface area contributed by atoms with Gasteiger partial charge in [-0.05, 0) is 132 Å². The fourth-order valence-electron chi connectivity index (χ4n) is 5.82. The lowest BCUT2D eigenvalue weighted by atomic mass is 9.93. The monoisotopic (exact) mass is 874 g/mol. The molecule has 1 aliphatic heterocycles. The molecule has 2 unspecified atom stereocenters. The van der Waals surface area contributed by atoms with Crippen molar-refractivity contribution in [3.05, 3.63) is 111 Å². The maximum atomic E-state index is 13.0. The number of alkyl halides is 1. The molecule has 330 valence electrons. The van der Waals surface area contributed by atoms with Crippen molar-refractivity contribution in [1.29, 1.82) is 0 Å². The van der Waals surface area contributed by atoms with Crippen molar-refractivity contribution in [2.24, 2.45) is 16.8 Å². The molecule has 2 atom stereocenters. The van der Waals surface area contributed by atoms with Crippen LogP contribution in [0.15, 0.2) is 94.4 Å². The second-order valence-corrected chi connectivity index (χ2v) is 16.0. The number of rotatable bonds is 16. The predicted octanol–water partition coefficient (Wildman–Crippen LogP) is 12.1. The SMILES string of the molecule is CCCN(CCC(C)C)CC(C)=O.CCCOCCC(C)C.CCl.CNC.COC1=CC=C(C)C=C=C1C1=NC(c2ccc(Cl)cc2)C(c2ccc(Cl)cc2)N1C(C)=O. The summed E-state index contributed by atoms with van der Waals surface area (Å²) in [5, 5.41) is 4.02. The van der Waals surface area contributed by atoms with E-state index in [9.17, 15) is 9.59 Å². The van der Waals surface area contributed by atoms with Gasteiger partial charge in [0.2, 0.25) is 5.91 Å².